The minimum Gasteiger partial charge on any atom is -0.492 e. The second-order valence-corrected chi connectivity index (χ2v) is 6.22. The van der Waals surface area contributed by atoms with Gasteiger partial charge in [-0.3, -0.25) is 0 Å². The van der Waals surface area contributed by atoms with Gasteiger partial charge in [0.15, 0.2) is 11.6 Å². The fourth-order valence-corrected chi connectivity index (χ4v) is 3.01. The normalized spacial score (nSPS) is 11.4. The van der Waals surface area contributed by atoms with Crippen molar-refractivity contribution in [3.05, 3.63) is 47.8 Å². The highest BCUT2D eigenvalue weighted by Gasteiger charge is 2.18. The Morgan fingerprint density at radius 3 is 2.93 bits per heavy atom. The Balaban J connectivity index is 1.76. The summed E-state index contributed by atoms with van der Waals surface area (Å²) >= 11 is 0. The van der Waals surface area contributed by atoms with Gasteiger partial charge in [0.05, 0.1) is 19.4 Å². The average Bonchev–Trinajstić information content (AvgIpc) is 3.24. The molecule has 4 aromatic rings. The van der Waals surface area contributed by atoms with Crippen LogP contribution in [0.3, 0.4) is 0 Å². The lowest BCUT2D eigenvalue weighted by Gasteiger charge is -2.08. The van der Waals surface area contributed by atoms with E-state index in [0.717, 1.165) is 12.0 Å². The number of nitrogens with zero attached hydrogens (tertiary/aromatic N) is 3. The summed E-state index contributed by atoms with van der Waals surface area (Å²) in [4.78, 5) is 7.12. The summed E-state index contributed by atoms with van der Waals surface area (Å²) in [5.41, 5.74) is 2.56. The maximum Gasteiger partial charge on any atom is 0.247 e. The molecule has 0 aliphatic rings. The van der Waals surface area contributed by atoms with Gasteiger partial charge in [-0.1, -0.05) is 6.92 Å². The second kappa shape index (κ2) is 6.88. The molecular formula is C19H19FN4O3. The van der Waals surface area contributed by atoms with Crippen LogP contribution < -0.4 is 9.47 Å². The van der Waals surface area contributed by atoms with Crippen LogP contribution in [0.5, 0.6) is 17.4 Å². The van der Waals surface area contributed by atoms with Gasteiger partial charge in [-0.25, -0.2) is 8.91 Å². The highest BCUT2D eigenvalue weighted by Crippen LogP contribution is 2.34. The minimum absolute atomic E-state index is 0.0446. The average molecular weight is 370 g/mol. The van der Waals surface area contributed by atoms with Crippen molar-refractivity contribution in [2.24, 2.45) is 0 Å². The molecule has 0 saturated heterocycles. The van der Waals surface area contributed by atoms with E-state index >= 15 is 0 Å². The summed E-state index contributed by atoms with van der Waals surface area (Å²) in [6, 6.07) is 4.79. The monoisotopic (exact) mass is 370 g/mol. The number of ether oxygens (including phenoxy) is 2. The van der Waals surface area contributed by atoms with Crippen LogP contribution in [0.4, 0.5) is 4.39 Å². The molecule has 0 spiro atoms. The molecule has 7 nitrogen and oxygen atoms in total. The molecule has 0 fully saturated rings. The molecule has 0 aliphatic heterocycles. The third-order valence-corrected chi connectivity index (χ3v) is 4.34. The number of nitrogens with one attached hydrogen (secondary N) is 1. The molecule has 3 aromatic heterocycles. The summed E-state index contributed by atoms with van der Waals surface area (Å²) in [6.07, 6.45) is 3.99. The zero-order valence-corrected chi connectivity index (χ0v) is 15.0. The van der Waals surface area contributed by atoms with E-state index in [-0.39, 0.29) is 18.2 Å². The predicted octanol–water partition coefficient (Wildman–Crippen LogP) is 3.73. The molecule has 0 saturated carbocycles. The van der Waals surface area contributed by atoms with E-state index in [4.69, 9.17) is 9.47 Å². The summed E-state index contributed by atoms with van der Waals surface area (Å²) in [6.45, 7) is 4.31. The van der Waals surface area contributed by atoms with Crippen LogP contribution in [-0.4, -0.2) is 31.3 Å². The second-order valence-electron chi connectivity index (χ2n) is 6.22. The van der Waals surface area contributed by atoms with Gasteiger partial charge in [0.1, 0.15) is 17.6 Å². The van der Waals surface area contributed by atoms with Crippen molar-refractivity contribution >= 4 is 16.4 Å². The van der Waals surface area contributed by atoms with Gasteiger partial charge in [0.2, 0.25) is 5.88 Å². The molecule has 0 atom stereocenters. The topological polar surface area (TPSA) is 84.7 Å². The number of hydrogen-bond donors (Lipinski definition) is 2. The number of aliphatic hydroxyl groups excluding tert-OH is 1. The maximum atomic E-state index is 14.9. The first-order chi connectivity index (χ1) is 13.1. The van der Waals surface area contributed by atoms with E-state index in [2.05, 4.69) is 15.1 Å². The molecule has 0 unspecified atom stereocenters. The van der Waals surface area contributed by atoms with Crippen molar-refractivity contribution in [2.45, 2.75) is 26.9 Å². The Kier molecular flexibility index (Phi) is 4.41. The third kappa shape index (κ3) is 2.97. The van der Waals surface area contributed by atoms with Gasteiger partial charge in [-0.05, 0) is 31.5 Å². The van der Waals surface area contributed by atoms with Gasteiger partial charge in [0.25, 0.3) is 0 Å². The van der Waals surface area contributed by atoms with Crippen LogP contribution in [0.15, 0.2) is 30.7 Å². The van der Waals surface area contributed by atoms with E-state index in [0.29, 0.717) is 34.5 Å². The lowest BCUT2D eigenvalue weighted by atomic mass is 10.2. The molecule has 2 N–H and O–H groups in total. The maximum absolute atomic E-state index is 14.9. The van der Waals surface area contributed by atoms with Gasteiger partial charge in [-0.2, -0.15) is 10.1 Å². The highest BCUT2D eigenvalue weighted by atomic mass is 19.1. The fraction of sp³-hybridized carbons (Fsp3) is 0.263. The smallest absolute Gasteiger partial charge is 0.247 e. The lowest BCUT2D eigenvalue weighted by molar-refractivity contribution is 0.278. The van der Waals surface area contributed by atoms with E-state index in [9.17, 15) is 9.50 Å². The van der Waals surface area contributed by atoms with Crippen molar-refractivity contribution in [1.29, 1.82) is 0 Å². The molecule has 140 valence electrons. The summed E-state index contributed by atoms with van der Waals surface area (Å²) < 4.78 is 28.0. The van der Waals surface area contributed by atoms with Gasteiger partial charge < -0.3 is 19.6 Å². The molecule has 8 heteroatoms. The standard InChI is InChI=1S/C19H19FN4O3/c1-3-6-26-16-8-24-18(11(16)2)19(21-10-22-24)27-15-5-4-14-13(17(15)20)7-12(9-25)23-14/h4-5,7-8,10,23,25H,3,6,9H2,1-2H3. The SMILES string of the molecule is CCCOc1cn2ncnc(Oc3ccc4[nH]c(CO)cc4c3F)c2c1C. The molecule has 0 radical (unpaired) electrons. The van der Waals surface area contributed by atoms with Gasteiger partial charge in [-0.15, -0.1) is 0 Å². The molecule has 0 bridgehead atoms. The van der Waals surface area contributed by atoms with Crippen LogP contribution in [0, 0.1) is 12.7 Å². The highest BCUT2D eigenvalue weighted by molar-refractivity contribution is 5.83. The van der Waals surface area contributed by atoms with Crippen molar-refractivity contribution in [2.75, 3.05) is 6.61 Å². The van der Waals surface area contributed by atoms with Crippen molar-refractivity contribution in [1.82, 2.24) is 19.6 Å². The molecule has 1 aromatic carbocycles. The number of fused-ring (bicyclic) bond motifs is 2. The van der Waals surface area contributed by atoms with Crippen LogP contribution in [0.2, 0.25) is 0 Å². The number of aromatic amines is 1. The number of halogens is 1. The number of hydrogen-bond acceptors (Lipinski definition) is 5. The number of H-pyrrole nitrogens is 1. The molecule has 27 heavy (non-hydrogen) atoms. The summed E-state index contributed by atoms with van der Waals surface area (Å²) in [7, 11) is 0. The van der Waals surface area contributed by atoms with Crippen LogP contribution in [-0.2, 0) is 6.61 Å². The Bertz CT molecular complexity index is 1120. The largest absolute Gasteiger partial charge is 0.492 e. The minimum atomic E-state index is -0.521. The van der Waals surface area contributed by atoms with Crippen LogP contribution in [0.1, 0.15) is 24.6 Å². The third-order valence-electron chi connectivity index (χ3n) is 4.34. The predicted molar refractivity (Wildman–Crippen MR) is 97.8 cm³/mol. The van der Waals surface area contributed by atoms with Crippen molar-refractivity contribution in [3.8, 4) is 17.4 Å². The number of aromatic nitrogens is 4. The molecular weight excluding hydrogens is 351 g/mol. The van der Waals surface area contributed by atoms with E-state index in [1.165, 1.54) is 12.4 Å². The van der Waals surface area contributed by atoms with E-state index < -0.39 is 5.82 Å². The first-order valence-electron chi connectivity index (χ1n) is 8.67. The lowest BCUT2D eigenvalue weighted by Crippen LogP contribution is -1.98. The van der Waals surface area contributed by atoms with Crippen molar-refractivity contribution < 1.29 is 19.0 Å². The number of rotatable bonds is 6. The number of benzene rings is 1. The van der Waals surface area contributed by atoms with Gasteiger partial charge in [0, 0.05) is 22.2 Å². The van der Waals surface area contributed by atoms with Crippen molar-refractivity contribution in [3.63, 3.8) is 0 Å². The van der Waals surface area contributed by atoms with E-state index in [1.807, 2.05) is 13.8 Å². The number of aliphatic hydroxyl groups is 1. The number of aryl methyl sites for hydroxylation is 1. The Morgan fingerprint density at radius 1 is 1.30 bits per heavy atom. The molecule has 0 aliphatic carbocycles. The Labute approximate surface area is 154 Å². The first-order valence-corrected chi connectivity index (χ1v) is 8.67. The Hall–Kier alpha value is -3.13. The summed E-state index contributed by atoms with van der Waals surface area (Å²) in [5.74, 6) is 0.455. The zero-order chi connectivity index (χ0) is 19.0. The Morgan fingerprint density at radius 2 is 2.15 bits per heavy atom. The van der Waals surface area contributed by atoms with Gasteiger partial charge >= 0.3 is 0 Å². The molecule has 3 heterocycles. The van der Waals surface area contributed by atoms with Crippen LogP contribution >= 0.6 is 0 Å². The quantitative estimate of drug-likeness (QED) is 0.540. The van der Waals surface area contributed by atoms with E-state index in [1.54, 1.807) is 22.8 Å². The molecule has 0 amide bonds. The fourth-order valence-electron chi connectivity index (χ4n) is 3.01. The summed E-state index contributed by atoms with van der Waals surface area (Å²) in [5, 5.41) is 13.8. The molecule has 4 rings (SSSR count). The first kappa shape index (κ1) is 17.3. The van der Waals surface area contributed by atoms with Crippen LogP contribution in [0.25, 0.3) is 16.4 Å². The zero-order valence-electron chi connectivity index (χ0n) is 15.0.